The summed E-state index contributed by atoms with van der Waals surface area (Å²) in [6.07, 6.45) is 3.32. The van der Waals surface area contributed by atoms with Gasteiger partial charge in [0, 0.05) is 24.1 Å². The average Bonchev–Trinajstić information content (AvgIpc) is 2.25. The maximum Gasteiger partial charge on any atom is 0.251 e. The maximum atomic E-state index is 11.5. The molecule has 0 aliphatic rings. The topological polar surface area (TPSA) is 60.9 Å². The van der Waals surface area contributed by atoms with Gasteiger partial charge >= 0.3 is 0 Å². The molecule has 0 atom stereocenters. The van der Waals surface area contributed by atoms with Crippen LogP contribution in [-0.2, 0) is 6.54 Å². The predicted molar refractivity (Wildman–Crippen MR) is 58.5 cm³/mol. The van der Waals surface area contributed by atoms with Gasteiger partial charge in [0.15, 0.2) is 0 Å². The molecule has 0 aromatic carbocycles. The first-order chi connectivity index (χ1) is 7.25. The van der Waals surface area contributed by atoms with Gasteiger partial charge in [-0.3, -0.25) is 9.78 Å². The molecule has 0 bridgehead atoms. The Kier molecular flexibility index (Phi) is 2.49. The van der Waals surface area contributed by atoms with Gasteiger partial charge in [0.1, 0.15) is 0 Å². The van der Waals surface area contributed by atoms with E-state index in [1.807, 2.05) is 18.2 Å². The van der Waals surface area contributed by atoms with Gasteiger partial charge < -0.3 is 10.3 Å². The Bertz CT molecular complexity index is 505. The van der Waals surface area contributed by atoms with Crippen LogP contribution < -0.4 is 11.3 Å². The van der Waals surface area contributed by atoms with Crippen molar-refractivity contribution in [1.82, 2.24) is 9.55 Å². The highest BCUT2D eigenvalue weighted by Gasteiger charge is 1.98. The highest BCUT2D eigenvalue weighted by Crippen LogP contribution is 2.00. The van der Waals surface area contributed by atoms with Crippen molar-refractivity contribution in [3.8, 4) is 0 Å². The molecule has 2 aromatic rings. The van der Waals surface area contributed by atoms with E-state index in [4.69, 9.17) is 5.73 Å². The Morgan fingerprint density at radius 2 is 2.13 bits per heavy atom. The molecule has 0 aliphatic heterocycles. The summed E-state index contributed by atoms with van der Waals surface area (Å²) < 4.78 is 1.54. The molecular weight excluding hydrogens is 190 g/mol. The van der Waals surface area contributed by atoms with Crippen molar-refractivity contribution >= 4 is 5.69 Å². The Balaban J connectivity index is 2.32. The van der Waals surface area contributed by atoms with Gasteiger partial charge in [-0.25, -0.2) is 0 Å². The van der Waals surface area contributed by atoms with Crippen LogP contribution in [-0.4, -0.2) is 9.55 Å². The first-order valence-corrected chi connectivity index (χ1v) is 4.61. The number of hydrogen-bond acceptors (Lipinski definition) is 3. The normalized spacial score (nSPS) is 10.1. The van der Waals surface area contributed by atoms with Crippen LogP contribution >= 0.6 is 0 Å². The molecule has 0 spiro atoms. The second-order valence-corrected chi connectivity index (χ2v) is 3.25. The van der Waals surface area contributed by atoms with Crippen molar-refractivity contribution in [1.29, 1.82) is 0 Å². The minimum absolute atomic E-state index is 0.0742. The lowest BCUT2D eigenvalue weighted by molar-refractivity contribution is 0.741. The Labute approximate surface area is 87.0 Å². The van der Waals surface area contributed by atoms with Crippen molar-refractivity contribution in [3.63, 3.8) is 0 Å². The van der Waals surface area contributed by atoms with Crippen LogP contribution in [0, 0.1) is 0 Å². The van der Waals surface area contributed by atoms with Crippen molar-refractivity contribution in [2.75, 3.05) is 5.73 Å². The summed E-state index contributed by atoms with van der Waals surface area (Å²) in [5.41, 5.74) is 6.94. The molecular formula is C11H11N3O. The smallest absolute Gasteiger partial charge is 0.251 e. The van der Waals surface area contributed by atoms with Crippen molar-refractivity contribution in [2.45, 2.75) is 6.54 Å². The van der Waals surface area contributed by atoms with Gasteiger partial charge in [0.2, 0.25) is 0 Å². The fraction of sp³-hybridized carbons (Fsp3) is 0.0909. The summed E-state index contributed by atoms with van der Waals surface area (Å²) in [5.74, 6) is 0. The number of anilines is 1. The van der Waals surface area contributed by atoms with Crippen LogP contribution in [0.25, 0.3) is 0 Å². The second kappa shape index (κ2) is 3.96. The first-order valence-electron chi connectivity index (χ1n) is 4.61. The van der Waals surface area contributed by atoms with E-state index in [1.54, 1.807) is 18.5 Å². The van der Waals surface area contributed by atoms with Gasteiger partial charge in [0.25, 0.3) is 5.56 Å². The molecule has 2 heterocycles. The van der Waals surface area contributed by atoms with Gasteiger partial charge in [-0.2, -0.15) is 0 Å². The lowest BCUT2D eigenvalue weighted by Gasteiger charge is -2.05. The summed E-state index contributed by atoms with van der Waals surface area (Å²) in [4.78, 5) is 15.6. The standard InChI is InChI=1S/C11H11N3O/c12-9-4-5-11(15)14(7-9)8-10-3-1-2-6-13-10/h1-7H,8,12H2. The predicted octanol–water partition coefficient (Wildman–Crippen LogP) is 0.874. The quantitative estimate of drug-likeness (QED) is 0.784. The molecule has 0 saturated heterocycles. The largest absolute Gasteiger partial charge is 0.398 e. The van der Waals surface area contributed by atoms with Crippen LogP contribution in [0.5, 0.6) is 0 Å². The molecule has 0 aliphatic carbocycles. The second-order valence-electron chi connectivity index (χ2n) is 3.25. The van der Waals surface area contributed by atoms with E-state index in [2.05, 4.69) is 4.98 Å². The number of pyridine rings is 2. The summed E-state index contributed by atoms with van der Waals surface area (Å²) >= 11 is 0. The van der Waals surface area contributed by atoms with Crippen LogP contribution in [0.2, 0.25) is 0 Å². The summed E-state index contributed by atoms with van der Waals surface area (Å²) in [6.45, 7) is 0.449. The Hall–Kier alpha value is -2.10. The molecule has 4 heteroatoms. The molecule has 2 aromatic heterocycles. The number of aromatic nitrogens is 2. The first kappa shape index (κ1) is 9.45. The summed E-state index contributed by atoms with van der Waals surface area (Å²) in [7, 11) is 0. The van der Waals surface area contributed by atoms with E-state index < -0.39 is 0 Å². The number of rotatable bonds is 2. The number of hydrogen-bond donors (Lipinski definition) is 1. The highest BCUT2D eigenvalue weighted by molar-refractivity contribution is 5.33. The number of nitrogens with zero attached hydrogens (tertiary/aromatic N) is 2. The molecule has 0 amide bonds. The van der Waals surface area contributed by atoms with Crippen molar-refractivity contribution < 1.29 is 0 Å². The monoisotopic (exact) mass is 201 g/mol. The van der Waals surface area contributed by atoms with Gasteiger partial charge in [-0.05, 0) is 18.2 Å². The number of nitrogen functional groups attached to an aromatic ring is 1. The molecule has 0 fully saturated rings. The van der Waals surface area contributed by atoms with Gasteiger partial charge in [-0.15, -0.1) is 0 Å². The van der Waals surface area contributed by atoms with E-state index >= 15 is 0 Å². The molecule has 0 unspecified atom stereocenters. The van der Waals surface area contributed by atoms with E-state index in [9.17, 15) is 4.79 Å². The maximum absolute atomic E-state index is 11.5. The zero-order valence-electron chi connectivity index (χ0n) is 8.13. The third kappa shape index (κ3) is 2.22. The fourth-order valence-corrected chi connectivity index (χ4v) is 1.34. The third-order valence-electron chi connectivity index (χ3n) is 2.06. The van der Waals surface area contributed by atoms with Crippen molar-refractivity contribution in [2.24, 2.45) is 0 Å². The average molecular weight is 201 g/mol. The Morgan fingerprint density at radius 1 is 1.27 bits per heavy atom. The molecule has 2 rings (SSSR count). The fourth-order valence-electron chi connectivity index (χ4n) is 1.34. The number of nitrogens with two attached hydrogens (primary N) is 1. The lowest BCUT2D eigenvalue weighted by Crippen LogP contribution is -2.19. The SMILES string of the molecule is Nc1ccc(=O)n(Cc2ccccn2)c1. The van der Waals surface area contributed by atoms with E-state index in [0.717, 1.165) is 5.69 Å². The van der Waals surface area contributed by atoms with Crippen LogP contribution in [0.15, 0.2) is 47.5 Å². The summed E-state index contributed by atoms with van der Waals surface area (Å²) in [6, 6.07) is 8.65. The van der Waals surface area contributed by atoms with E-state index in [1.165, 1.54) is 10.6 Å². The Morgan fingerprint density at radius 3 is 2.87 bits per heavy atom. The van der Waals surface area contributed by atoms with Gasteiger partial charge in [-0.1, -0.05) is 6.07 Å². The minimum Gasteiger partial charge on any atom is -0.398 e. The molecule has 4 nitrogen and oxygen atoms in total. The lowest BCUT2D eigenvalue weighted by atomic mass is 10.3. The zero-order chi connectivity index (χ0) is 10.7. The van der Waals surface area contributed by atoms with E-state index in [-0.39, 0.29) is 5.56 Å². The molecule has 0 saturated carbocycles. The molecule has 76 valence electrons. The van der Waals surface area contributed by atoms with Crippen LogP contribution in [0.3, 0.4) is 0 Å². The highest BCUT2D eigenvalue weighted by atomic mass is 16.1. The molecule has 2 N–H and O–H groups in total. The molecule has 0 radical (unpaired) electrons. The third-order valence-corrected chi connectivity index (χ3v) is 2.06. The van der Waals surface area contributed by atoms with Crippen LogP contribution in [0.1, 0.15) is 5.69 Å². The van der Waals surface area contributed by atoms with Crippen LogP contribution in [0.4, 0.5) is 5.69 Å². The summed E-state index contributed by atoms with van der Waals surface area (Å²) in [5, 5.41) is 0. The molecule has 15 heavy (non-hydrogen) atoms. The van der Waals surface area contributed by atoms with Crippen molar-refractivity contribution in [3.05, 3.63) is 58.8 Å². The zero-order valence-corrected chi connectivity index (χ0v) is 8.13. The minimum atomic E-state index is -0.0742. The van der Waals surface area contributed by atoms with E-state index in [0.29, 0.717) is 12.2 Å². The van der Waals surface area contributed by atoms with Gasteiger partial charge in [0.05, 0.1) is 12.2 Å².